The van der Waals surface area contributed by atoms with Crippen molar-refractivity contribution < 1.29 is 22.3 Å². The number of aryl methyl sites for hydroxylation is 1. The van der Waals surface area contributed by atoms with E-state index in [-0.39, 0.29) is 11.4 Å². The highest BCUT2D eigenvalue weighted by atomic mass is 32.2. The zero-order valence-electron chi connectivity index (χ0n) is 16.9. The maximum absolute atomic E-state index is 12.8. The molecule has 2 aromatic carbocycles. The molecule has 0 aliphatic carbocycles. The fourth-order valence-corrected chi connectivity index (χ4v) is 3.91. The Labute approximate surface area is 170 Å². The molecule has 1 heterocycles. The van der Waals surface area contributed by atoms with Crippen molar-refractivity contribution in [3.8, 4) is 23.0 Å². The lowest BCUT2D eigenvalue weighted by Gasteiger charge is -2.16. The van der Waals surface area contributed by atoms with Crippen molar-refractivity contribution in [3.63, 3.8) is 0 Å². The van der Waals surface area contributed by atoms with Gasteiger partial charge in [0.1, 0.15) is 17.3 Å². The van der Waals surface area contributed by atoms with Gasteiger partial charge in [0.2, 0.25) is 15.9 Å². The zero-order chi connectivity index (χ0) is 21.0. The monoisotopic (exact) mass is 416 g/mol. The van der Waals surface area contributed by atoms with Crippen LogP contribution in [-0.4, -0.2) is 38.5 Å². The summed E-state index contributed by atoms with van der Waals surface area (Å²) in [6.07, 6.45) is 0. The molecule has 0 spiro atoms. The van der Waals surface area contributed by atoms with E-state index in [1.165, 1.54) is 30.6 Å². The fourth-order valence-electron chi connectivity index (χ4n) is 2.78. The van der Waals surface area contributed by atoms with Crippen molar-refractivity contribution in [3.05, 3.63) is 60.0 Å². The van der Waals surface area contributed by atoms with Gasteiger partial charge in [-0.1, -0.05) is 0 Å². The highest BCUT2D eigenvalue weighted by molar-refractivity contribution is 7.89. The lowest BCUT2D eigenvalue weighted by Crippen LogP contribution is -2.26. The number of methoxy groups -OCH3 is 1. The van der Waals surface area contributed by atoms with Crippen LogP contribution in [0, 0.1) is 6.92 Å². The van der Waals surface area contributed by atoms with E-state index in [0.29, 0.717) is 29.7 Å². The summed E-state index contributed by atoms with van der Waals surface area (Å²) in [4.78, 5) is 4.69. The van der Waals surface area contributed by atoms with E-state index in [1.54, 1.807) is 19.1 Å². The number of nitrogens with zero attached hydrogens (tertiary/aromatic N) is 2. The van der Waals surface area contributed by atoms with Crippen LogP contribution in [0.3, 0.4) is 0 Å². The maximum Gasteiger partial charge on any atom is 0.243 e. The molecule has 3 rings (SSSR count). The summed E-state index contributed by atoms with van der Waals surface area (Å²) >= 11 is 0. The first-order valence-electron chi connectivity index (χ1n) is 9.15. The predicted octanol–water partition coefficient (Wildman–Crippen LogP) is 3.88. The number of hydrogen-bond acceptors (Lipinski definition) is 6. The van der Waals surface area contributed by atoms with E-state index >= 15 is 0 Å². The molecule has 0 amide bonds. The third-order valence-corrected chi connectivity index (χ3v) is 6.26. The molecule has 1 aromatic heterocycles. The fraction of sp³-hybridized carbons (Fsp3) is 0.286. The Hall–Kier alpha value is -2.84. The van der Waals surface area contributed by atoms with E-state index in [2.05, 4.69) is 4.98 Å². The molecular formula is C21H24N2O5S. The molecule has 0 N–H and O–H groups in total. The standard InChI is InChI=1S/C21H24N2O5S/c1-5-27-18-8-6-16(7-9-18)21-22-20(15(2)28-21)14-23(3)29(24,25)19-12-10-17(26-4)11-13-19/h6-13H,5,14H2,1-4H3. The Morgan fingerprint density at radius 1 is 1.03 bits per heavy atom. The number of benzene rings is 2. The van der Waals surface area contributed by atoms with Gasteiger partial charge in [0.25, 0.3) is 0 Å². The van der Waals surface area contributed by atoms with Crippen molar-refractivity contribution in [2.75, 3.05) is 20.8 Å². The average Bonchev–Trinajstić information content (AvgIpc) is 3.09. The Morgan fingerprint density at radius 3 is 2.24 bits per heavy atom. The van der Waals surface area contributed by atoms with Crippen molar-refractivity contribution >= 4 is 10.0 Å². The van der Waals surface area contributed by atoms with E-state index in [9.17, 15) is 8.42 Å². The van der Waals surface area contributed by atoms with Crippen molar-refractivity contribution in [1.29, 1.82) is 0 Å². The second-order valence-corrected chi connectivity index (χ2v) is 8.46. The lowest BCUT2D eigenvalue weighted by molar-refractivity contribution is 0.340. The smallest absolute Gasteiger partial charge is 0.243 e. The molecule has 29 heavy (non-hydrogen) atoms. The molecule has 0 radical (unpaired) electrons. The first-order chi connectivity index (χ1) is 13.8. The van der Waals surface area contributed by atoms with Crippen LogP contribution in [0.1, 0.15) is 18.4 Å². The molecule has 0 aliphatic rings. The molecule has 0 aliphatic heterocycles. The Kier molecular flexibility index (Phi) is 6.24. The van der Waals surface area contributed by atoms with Crippen LogP contribution in [0.4, 0.5) is 0 Å². The van der Waals surface area contributed by atoms with Gasteiger partial charge >= 0.3 is 0 Å². The van der Waals surface area contributed by atoms with Crippen LogP contribution in [0.15, 0.2) is 57.8 Å². The number of oxazole rings is 1. The van der Waals surface area contributed by atoms with Gasteiger partial charge in [-0.15, -0.1) is 0 Å². The minimum Gasteiger partial charge on any atom is -0.497 e. The van der Waals surface area contributed by atoms with E-state index in [1.807, 2.05) is 31.2 Å². The van der Waals surface area contributed by atoms with Crippen molar-refractivity contribution in [2.24, 2.45) is 0 Å². The molecule has 8 heteroatoms. The second-order valence-electron chi connectivity index (χ2n) is 6.42. The molecule has 0 bridgehead atoms. The molecule has 154 valence electrons. The van der Waals surface area contributed by atoms with Crippen LogP contribution in [0.5, 0.6) is 11.5 Å². The Morgan fingerprint density at radius 2 is 1.66 bits per heavy atom. The predicted molar refractivity (Wildman–Crippen MR) is 109 cm³/mol. The Bertz CT molecular complexity index is 1060. The topological polar surface area (TPSA) is 81.9 Å². The van der Waals surface area contributed by atoms with Crippen LogP contribution < -0.4 is 9.47 Å². The average molecular weight is 416 g/mol. The molecule has 7 nitrogen and oxygen atoms in total. The zero-order valence-corrected chi connectivity index (χ0v) is 17.7. The first-order valence-corrected chi connectivity index (χ1v) is 10.6. The van der Waals surface area contributed by atoms with Gasteiger partial charge in [-0.05, 0) is 62.4 Å². The van der Waals surface area contributed by atoms with E-state index < -0.39 is 10.0 Å². The number of ether oxygens (including phenoxy) is 2. The molecule has 0 atom stereocenters. The van der Waals surface area contributed by atoms with Crippen LogP contribution >= 0.6 is 0 Å². The molecule has 0 saturated heterocycles. The maximum atomic E-state index is 12.8. The molecule has 0 saturated carbocycles. The van der Waals surface area contributed by atoms with Crippen LogP contribution in [-0.2, 0) is 16.6 Å². The molecule has 0 unspecified atom stereocenters. The highest BCUT2D eigenvalue weighted by Crippen LogP contribution is 2.26. The Balaban J connectivity index is 1.79. The van der Waals surface area contributed by atoms with Crippen LogP contribution in [0.2, 0.25) is 0 Å². The molecular weight excluding hydrogens is 392 g/mol. The SMILES string of the molecule is CCOc1ccc(-c2nc(CN(C)S(=O)(=O)c3ccc(OC)cc3)c(C)o2)cc1. The van der Waals surface area contributed by atoms with Crippen molar-refractivity contribution in [2.45, 2.75) is 25.3 Å². The largest absolute Gasteiger partial charge is 0.497 e. The quantitative estimate of drug-likeness (QED) is 0.554. The number of sulfonamides is 1. The third-order valence-electron chi connectivity index (χ3n) is 4.44. The van der Waals surface area contributed by atoms with Gasteiger partial charge < -0.3 is 13.9 Å². The number of rotatable bonds is 8. The third kappa shape index (κ3) is 4.60. The minimum atomic E-state index is -3.67. The normalized spacial score (nSPS) is 11.6. The van der Waals surface area contributed by atoms with Gasteiger partial charge in [0, 0.05) is 12.6 Å². The van der Waals surface area contributed by atoms with Crippen LogP contribution in [0.25, 0.3) is 11.5 Å². The second kappa shape index (κ2) is 8.67. The summed E-state index contributed by atoms with van der Waals surface area (Å²) < 4.78 is 43.2. The summed E-state index contributed by atoms with van der Waals surface area (Å²) in [5.41, 5.74) is 1.36. The summed E-state index contributed by atoms with van der Waals surface area (Å²) in [5, 5.41) is 0. The lowest BCUT2D eigenvalue weighted by atomic mass is 10.2. The summed E-state index contributed by atoms with van der Waals surface area (Å²) in [5.74, 6) is 2.38. The molecule has 3 aromatic rings. The summed E-state index contributed by atoms with van der Waals surface area (Å²) in [6.45, 7) is 4.39. The summed E-state index contributed by atoms with van der Waals surface area (Å²) in [7, 11) is -0.616. The minimum absolute atomic E-state index is 0.0979. The van der Waals surface area contributed by atoms with Gasteiger partial charge in [-0.3, -0.25) is 0 Å². The highest BCUT2D eigenvalue weighted by Gasteiger charge is 2.23. The van der Waals surface area contributed by atoms with Gasteiger partial charge in [-0.2, -0.15) is 4.31 Å². The number of hydrogen-bond donors (Lipinski definition) is 0. The number of aromatic nitrogens is 1. The van der Waals surface area contributed by atoms with Gasteiger partial charge in [0.05, 0.1) is 30.9 Å². The van der Waals surface area contributed by atoms with E-state index in [0.717, 1.165) is 11.3 Å². The van der Waals surface area contributed by atoms with E-state index in [4.69, 9.17) is 13.9 Å². The van der Waals surface area contributed by atoms with Gasteiger partial charge in [-0.25, -0.2) is 13.4 Å². The molecule has 0 fully saturated rings. The first kappa shape index (κ1) is 20.9. The van der Waals surface area contributed by atoms with Gasteiger partial charge in [0.15, 0.2) is 0 Å². The summed E-state index contributed by atoms with van der Waals surface area (Å²) in [6, 6.07) is 13.7. The van der Waals surface area contributed by atoms with Crippen molar-refractivity contribution in [1.82, 2.24) is 9.29 Å².